The van der Waals surface area contributed by atoms with E-state index in [4.69, 9.17) is 5.11 Å². The molecular formula is C10H21N3O3. The molecule has 6 heteroatoms. The number of carbonyl (C=O) groups is 2. The summed E-state index contributed by atoms with van der Waals surface area (Å²) in [6.07, 6.45) is 1.99. The summed E-state index contributed by atoms with van der Waals surface area (Å²) >= 11 is 0. The monoisotopic (exact) mass is 231 g/mol. The summed E-state index contributed by atoms with van der Waals surface area (Å²) in [5.74, 6) is -0.357. The molecule has 0 aromatic rings. The quantitative estimate of drug-likeness (QED) is 0.553. The molecule has 0 aliphatic carbocycles. The van der Waals surface area contributed by atoms with Gasteiger partial charge in [0.25, 0.3) is 0 Å². The van der Waals surface area contributed by atoms with Gasteiger partial charge in [0.2, 0.25) is 5.91 Å². The van der Waals surface area contributed by atoms with E-state index in [1.54, 1.807) is 0 Å². The number of hydrogen-bond acceptors (Lipinski definition) is 4. The molecule has 3 amide bonds. The highest BCUT2D eigenvalue weighted by Gasteiger charge is 2.11. The van der Waals surface area contributed by atoms with Crippen molar-refractivity contribution in [2.75, 3.05) is 33.3 Å². The molecule has 0 aromatic heterocycles. The van der Waals surface area contributed by atoms with E-state index in [9.17, 15) is 9.59 Å². The van der Waals surface area contributed by atoms with Crippen LogP contribution >= 0.6 is 0 Å². The molecule has 0 fully saturated rings. The number of aliphatic hydroxyl groups excluding tert-OH is 1. The van der Waals surface area contributed by atoms with E-state index in [0.717, 1.165) is 19.4 Å². The van der Waals surface area contributed by atoms with Gasteiger partial charge in [0, 0.05) is 13.6 Å². The van der Waals surface area contributed by atoms with Crippen molar-refractivity contribution in [2.24, 2.45) is 0 Å². The number of carbonyl (C=O) groups excluding carboxylic acids is 2. The summed E-state index contributed by atoms with van der Waals surface area (Å²) in [5, 5.41) is 13.3. The number of rotatable bonds is 7. The lowest BCUT2D eigenvalue weighted by molar-refractivity contribution is -0.121. The Hall–Kier alpha value is -1.14. The highest BCUT2D eigenvalue weighted by Crippen LogP contribution is 1.94. The van der Waals surface area contributed by atoms with Gasteiger partial charge in [0.05, 0.1) is 13.2 Å². The topological polar surface area (TPSA) is 81.7 Å². The predicted molar refractivity (Wildman–Crippen MR) is 61.0 cm³/mol. The summed E-state index contributed by atoms with van der Waals surface area (Å²) in [4.78, 5) is 24.1. The number of hydrogen-bond donors (Lipinski definition) is 3. The molecule has 16 heavy (non-hydrogen) atoms. The highest BCUT2D eigenvalue weighted by molar-refractivity contribution is 5.95. The number of urea groups is 1. The van der Waals surface area contributed by atoms with E-state index >= 15 is 0 Å². The Balaban J connectivity index is 3.96. The second kappa shape index (κ2) is 9.11. The lowest BCUT2D eigenvalue weighted by Gasteiger charge is -2.19. The molecule has 0 aliphatic rings. The smallest absolute Gasteiger partial charge is 0.321 e. The molecule has 0 unspecified atom stereocenters. The minimum atomic E-state index is -0.510. The SMILES string of the molecule is CCCCN(CCO)CC(=O)NC(=O)NC. The Kier molecular flexibility index (Phi) is 8.46. The van der Waals surface area contributed by atoms with Crippen LogP contribution in [-0.4, -0.2) is 55.2 Å². The van der Waals surface area contributed by atoms with Crippen LogP contribution in [0, 0.1) is 0 Å². The first-order valence-electron chi connectivity index (χ1n) is 5.48. The Labute approximate surface area is 96.0 Å². The number of unbranched alkanes of at least 4 members (excludes halogenated alkanes) is 1. The standard InChI is InChI=1S/C10H21N3O3/c1-3-4-5-13(6-7-14)8-9(15)12-10(16)11-2/h14H,3-8H2,1-2H3,(H2,11,12,15,16). The number of nitrogens with zero attached hydrogens (tertiary/aromatic N) is 1. The van der Waals surface area contributed by atoms with Crippen LogP contribution in [0.3, 0.4) is 0 Å². The predicted octanol–water partition coefficient (Wildman–Crippen LogP) is -0.464. The average Bonchev–Trinajstić information content (AvgIpc) is 2.25. The van der Waals surface area contributed by atoms with Crippen LogP contribution in [0.1, 0.15) is 19.8 Å². The second-order valence-electron chi connectivity index (χ2n) is 3.48. The van der Waals surface area contributed by atoms with Gasteiger partial charge in [-0.05, 0) is 13.0 Å². The maximum atomic E-state index is 11.4. The number of nitrogens with one attached hydrogen (secondary N) is 2. The minimum Gasteiger partial charge on any atom is -0.395 e. The van der Waals surface area contributed by atoms with Crippen LogP contribution in [0.5, 0.6) is 0 Å². The zero-order chi connectivity index (χ0) is 12.4. The van der Waals surface area contributed by atoms with E-state index in [0.29, 0.717) is 6.54 Å². The van der Waals surface area contributed by atoms with E-state index in [-0.39, 0.29) is 19.1 Å². The van der Waals surface area contributed by atoms with Crippen molar-refractivity contribution < 1.29 is 14.7 Å². The number of amides is 3. The number of imide groups is 1. The Morgan fingerprint density at radius 3 is 2.50 bits per heavy atom. The molecule has 0 radical (unpaired) electrons. The van der Waals surface area contributed by atoms with Crippen molar-refractivity contribution in [3.05, 3.63) is 0 Å². The third kappa shape index (κ3) is 7.19. The molecule has 94 valence electrons. The van der Waals surface area contributed by atoms with E-state index < -0.39 is 6.03 Å². The largest absolute Gasteiger partial charge is 0.395 e. The van der Waals surface area contributed by atoms with Gasteiger partial charge < -0.3 is 10.4 Å². The fourth-order valence-electron chi connectivity index (χ4n) is 1.22. The summed E-state index contributed by atoms with van der Waals surface area (Å²) < 4.78 is 0. The molecule has 0 heterocycles. The van der Waals surface area contributed by atoms with Crippen LogP contribution < -0.4 is 10.6 Å². The molecule has 0 aliphatic heterocycles. The first kappa shape index (κ1) is 14.9. The van der Waals surface area contributed by atoms with Crippen LogP contribution in [0.15, 0.2) is 0 Å². The molecule has 6 nitrogen and oxygen atoms in total. The van der Waals surface area contributed by atoms with Gasteiger partial charge in [-0.3, -0.25) is 15.0 Å². The van der Waals surface area contributed by atoms with Gasteiger partial charge in [-0.15, -0.1) is 0 Å². The summed E-state index contributed by atoms with van der Waals surface area (Å²) in [5.41, 5.74) is 0. The molecule has 0 saturated heterocycles. The Morgan fingerprint density at radius 2 is 2.00 bits per heavy atom. The van der Waals surface area contributed by atoms with Gasteiger partial charge in [0.1, 0.15) is 0 Å². The molecular weight excluding hydrogens is 210 g/mol. The van der Waals surface area contributed by atoms with E-state index in [2.05, 4.69) is 17.6 Å². The third-order valence-electron chi connectivity index (χ3n) is 2.09. The van der Waals surface area contributed by atoms with Gasteiger partial charge in [-0.25, -0.2) is 4.79 Å². The lowest BCUT2D eigenvalue weighted by atomic mass is 10.3. The fourth-order valence-corrected chi connectivity index (χ4v) is 1.22. The molecule has 0 bridgehead atoms. The maximum absolute atomic E-state index is 11.4. The molecule has 0 atom stereocenters. The normalized spacial score (nSPS) is 10.2. The summed E-state index contributed by atoms with van der Waals surface area (Å²) in [6.45, 7) is 3.39. The average molecular weight is 231 g/mol. The minimum absolute atomic E-state index is 0.0109. The zero-order valence-electron chi connectivity index (χ0n) is 9.95. The van der Waals surface area contributed by atoms with Crippen molar-refractivity contribution in [1.29, 1.82) is 0 Å². The van der Waals surface area contributed by atoms with E-state index in [1.807, 2.05) is 4.90 Å². The lowest BCUT2D eigenvalue weighted by Crippen LogP contribution is -2.44. The van der Waals surface area contributed by atoms with Crippen molar-refractivity contribution in [2.45, 2.75) is 19.8 Å². The molecule has 0 rings (SSSR count). The van der Waals surface area contributed by atoms with Crippen molar-refractivity contribution in [1.82, 2.24) is 15.5 Å². The van der Waals surface area contributed by atoms with Gasteiger partial charge in [-0.2, -0.15) is 0 Å². The third-order valence-corrected chi connectivity index (χ3v) is 2.09. The molecule has 0 saturated carbocycles. The maximum Gasteiger partial charge on any atom is 0.321 e. The van der Waals surface area contributed by atoms with Crippen LogP contribution in [-0.2, 0) is 4.79 Å². The highest BCUT2D eigenvalue weighted by atomic mass is 16.3. The Bertz CT molecular complexity index is 221. The first-order chi connectivity index (χ1) is 7.63. The van der Waals surface area contributed by atoms with Crippen molar-refractivity contribution in [3.63, 3.8) is 0 Å². The van der Waals surface area contributed by atoms with Crippen LogP contribution in [0.2, 0.25) is 0 Å². The summed E-state index contributed by atoms with van der Waals surface area (Å²) in [6, 6.07) is -0.510. The first-order valence-corrected chi connectivity index (χ1v) is 5.48. The molecule has 3 N–H and O–H groups in total. The molecule has 0 aromatic carbocycles. The van der Waals surface area contributed by atoms with Gasteiger partial charge in [0.15, 0.2) is 0 Å². The van der Waals surface area contributed by atoms with Crippen molar-refractivity contribution >= 4 is 11.9 Å². The number of aliphatic hydroxyl groups is 1. The summed E-state index contributed by atoms with van der Waals surface area (Å²) in [7, 11) is 1.45. The Morgan fingerprint density at radius 1 is 1.31 bits per heavy atom. The van der Waals surface area contributed by atoms with Crippen LogP contribution in [0.4, 0.5) is 4.79 Å². The zero-order valence-corrected chi connectivity index (χ0v) is 9.95. The van der Waals surface area contributed by atoms with Crippen LogP contribution in [0.25, 0.3) is 0 Å². The van der Waals surface area contributed by atoms with E-state index in [1.165, 1.54) is 7.05 Å². The van der Waals surface area contributed by atoms with Gasteiger partial charge in [-0.1, -0.05) is 13.3 Å². The van der Waals surface area contributed by atoms with Crippen molar-refractivity contribution in [3.8, 4) is 0 Å². The molecule has 0 spiro atoms. The fraction of sp³-hybridized carbons (Fsp3) is 0.800. The second-order valence-corrected chi connectivity index (χ2v) is 3.48. The van der Waals surface area contributed by atoms with Gasteiger partial charge >= 0.3 is 6.03 Å².